The molecule has 0 aromatic heterocycles. The number of anilines is 2. The lowest BCUT2D eigenvalue weighted by Crippen LogP contribution is -2.59. The first-order valence-electron chi connectivity index (χ1n) is 9.50. The molecule has 170 valence electrons. The van der Waals surface area contributed by atoms with Crippen LogP contribution in [-0.4, -0.2) is 56.7 Å². The van der Waals surface area contributed by atoms with Crippen molar-refractivity contribution in [3.05, 3.63) is 53.1 Å². The minimum Gasteiger partial charge on any atom is -0.452 e. The Morgan fingerprint density at radius 2 is 1.81 bits per heavy atom. The van der Waals surface area contributed by atoms with Crippen LogP contribution < -0.4 is 10.2 Å². The van der Waals surface area contributed by atoms with Crippen molar-refractivity contribution in [1.29, 1.82) is 0 Å². The minimum atomic E-state index is -3.89. The quantitative estimate of drug-likeness (QED) is 0.659. The minimum absolute atomic E-state index is 0.0518. The first-order chi connectivity index (χ1) is 14.9. The first-order valence-corrected chi connectivity index (χ1v) is 11.3. The molecule has 9 nitrogen and oxygen atoms in total. The van der Waals surface area contributed by atoms with Gasteiger partial charge in [0.05, 0.1) is 22.0 Å². The zero-order valence-electron chi connectivity index (χ0n) is 17.9. The maximum Gasteiger partial charge on any atom is 0.338 e. The number of hydrogen-bond acceptors (Lipinski definition) is 6. The second-order valence-corrected chi connectivity index (χ2v) is 10.3. The molecule has 3 rings (SSSR count). The molecule has 0 fully saturated rings. The van der Waals surface area contributed by atoms with E-state index in [-0.39, 0.29) is 21.4 Å². The van der Waals surface area contributed by atoms with Crippen molar-refractivity contribution >= 4 is 50.8 Å². The van der Waals surface area contributed by atoms with Gasteiger partial charge >= 0.3 is 5.97 Å². The van der Waals surface area contributed by atoms with Crippen LogP contribution >= 0.6 is 11.6 Å². The summed E-state index contributed by atoms with van der Waals surface area (Å²) >= 11 is 5.99. The zero-order chi connectivity index (χ0) is 23.8. The lowest BCUT2D eigenvalue weighted by molar-refractivity contribution is -0.128. The summed E-state index contributed by atoms with van der Waals surface area (Å²) < 4.78 is 30.9. The van der Waals surface area contributed by atoms with E-state index in [9.17, 15) is 22.8 Å². The first kappa shape index (κ1) is 23.7. The molecule has 0 spiro atoms. The van der Waals surface area contributed by atoms with Gasteiger partial charge in [-0.1, -0.05) is 23.7 Å². The molecule has 0 saturated heterocycles. The molecule has 11 heteroatoms. The number of benzene rings is 2. The molecule has 0 unspecified atom stereocenters. The van der Waals surface area contributed by atoms with E-state index in [1.807, 2.05) is 0 Å². The van der Waals surface area contributed by atoms with Crippen LogP contribution in [0.3, 0.4) is 0 Å². The fraction of sp³-hybridized carbons (Fsp3) is 0.286. The summed E-state index contributed by atoms with van der Waals surface area (Å²) in [5.41, 5.74) is -0.360. The third-order valence-electron chi connectivity index (χ3n) is 5.01. The van der Waals surface area contributed by atoms with E-state index in [1.165, 1.54) is 31.1 Å². The molecule has 2 aromatic rings. The number of para-hydroxylation sites is 2. The van der Waals surface area contributed by atoms with Crippen molar-refractivity contribution in [2.45, 2.75) is 24.3 Å². The summed E-state index contributed by atoms with van der Waals surface area (Å²) in [4.78, 5) is 39.0. The second kappa shape index (κ2) is 8.53. The van der Waals surface area contributed by atoms with Gasteiger partial charge in [0.15, 0.2) is 6.61 Å². The number of nitrogens with zero attached hydrogens (tertiary/aromatic N) is 2. The number of amides is 2. The summed E-state index contributed by atoms with van der Waals surface area (Å²) in [5, 5.41) is 2.69. The lowest BCUT2D eigenvalue weighted by Gasteiger charge is -2.41. The smallest absolute Gasteiger partial charge is 0.338 e. The Labute approximate surface area is 190 Å². The molecule has 1 aliphatic heterocycles. The Hall–Kier alpha value is -2.95. The molecule has 1 aliphatic rings. The Balaban J connectivity index is 1.83. The molecule has 0 aliphatic carbocycles. The normalized spacial score (nSPS) is 15.2. The summed E-state index contributed by atoms with van der Waals surface area (Å²) in [6, 6.07) is 10.4. The van der Waals surface area contributed by atoms with Gasteiger partial charge in [0.25, 0.3) is 5.91 Å². The van der Waals surface area contributed by atoms with Crippen LogP contribution in [0.5, 0.6) is 0 Å². The van der Waals surface area contributed by atoms with E-state index in [2.05, 4.69) is 5.32 Å². The average molecular weight is 480 g/mol. The predicted octanol–water partition coefficient (Wildman–Crippen LogP) is 2.51. The molecule has 0 bridgehead atoms. The third-order valence-corrected chi connectivity index (χ3v) is 7.31. The van der Waals surface area contributed by atoms with Gasteiger partial charge in [0.1, 0.15) is 10.4 Å². The molecule has 0 atom stereocenters. The number of sulfonamides is 1. The van der Waals surface area contributed by atoms with Crippen LogP contribution in [-0.2, 0) is 24.3 Å². The van der Waals surface area contributed by atoms with E-state index >= 15 is 0 Å². The van der Waals surface area contributed by atoms with Crippen LogP contribution in [0.15, 0.2) is 47.4 Å². The number of rotatable bonds is 5. The fourth-order valence-electron chi connectivity index (χ4n) is 3.20. The highest BCUT2D eigenvalue weighted by molar-refractivity contribution is 7.89. The molecule has 2 amide bonds. The van der Waals surface area contributed by atoms with Gasteiger partial charge < -0.3 is 10.1 Å². The zero-order valence-corrected chi connectivity index (χ0v) is 19.5. The summed E-state index contributed by atoms with van der Waals surface area (Å²) in [5.74, 6) is -1.90. The monoisotopic (exact) mass is 479 g/mol. The largest absolute Gasteiger partial charge is 0.452 e. The number of fused-ring (bicyclic) bond motifs is 1. The number of hydrogen-bond donors (Lipinski definition) is 1. The molecular formula is C21H22ClN3O6S. The van der Waals surface area contributed by atoms with Crippen molar-refractivity contribution in [1.82, 2.24) is 4.31 Å². The number of ether oxygens (including phenoxy) is 1. The third kappa shape index (κ3) is 4.21. The molecule has 1 N–H and O–H groups in total. The highest BCUT2D eigenvalue weighted by atomic mass is 35.5. The Morgan fingerprint density at radius 1 is 1.16 bits per heavy atom. The van der Waals surface area contributed by atoms with Gasteiger partial charge in [0, 0.05) is 14.1 Å². The van der Waals surface area contributed by atoms with Gasteiger partial charge in [-0.05, 0) is 44.2 Å². The van der Waals surface area contributed by atoms with Crippen LogP contribution in [0.25, 0.3) is 0 Å². The summed E-state index contributed by atoms with van der Waals surface area (Å²) in [6.07, 6.45) is 0. The van der Waals surface area contributed by atoms with E-state index < -0.39 is 34.0 Å². The van der Waals surface area contributed by atoms with E-state index in [1.54, 1.807) is 38.1 Å². The van der Waals surface area contributed by atoms with Crippen LogP contribution in [0.1, 0.15) is 24.2 Å². The fourth-order valence-corrected chi connectivity index (χ4v) is 4.59. The van der Waals surface area contributed by atoms with E-state index in [0.717, 1.165) is 10.4 Å². The number of esters is 1. The molecule has 0 radical (unpaired) electrons. The number of nitrogens with one attached hydrogen (secondary N) is 1. The Morgan fingerprint density at radius 3 is 2.47 bits per heavy atom. The summed E-state index contributed by atoms with van der Waals surface area (Å²) in [7, 11) is -1.22. The molecule has 0 saturated carbocycles. The average Bonchev–Trinajstić information content (AvgIpc) is 2.72. The standard InChI is InChI=1S/C21H22ClN3O6S/c1-21(2)20(28)23-15-7-5-6-8-16(15)25(21)18(26)12-31-19(27)13-9-10-14(22)17(11-13)32(29,30)24(3)4/h5-11H,12H2,1-4H3,(H,23,28). The maximum absolute atomic E-state index is 13.0. The van der Waals surface area contributed by atoms with E-state index in [0.29, 0.717) is 11.4 Å². The van der Waals surface area contributed by atoms with Crippen LogP contribution in [0.2, 0.25) is 5.02 Å². The highest BCUT2D eigenvalue weighted by Gasteiger charge is 2.43. The summed E-state index contributed by atoms with van der Waals surface area (Å²) in [6.45, 7) is 2.51. The SMILES string of the molecule is CN(C)S(=O)(=O)c1cc(C(=O)OCC(=O)N2c3ccccc3NC(=O)C2(C)C)ccc1Cl. The highest BCUT2D eigenvalue weighted by Crippen LogP contribution is 2.36. The molecule has 32 heavy (non-hydrogen) atoms. The van der Waals surface area contributed by atoms with Crippen molar-refractivity contribution < 1.29 is 27.5 Å². The van der Waals surface area contributed by atoms with Crippen LogP contribution in [0, 0.1) is 0 Å². The van der Waals surface area contributed by atoms with Crippen LogP contribution in [0.4, 0.5) is 11.4 Å². The topological polar surface area (TPSA) is 113 Å². The molecule has 1 heterocycles. The number of carbonyl (C=O) groups is 3. The predicted molar refractivity (Wildman–Crippen MR) is 119 cm³/mol. The van der Waals surface area contributed by atoms with Gasteiger partial charge in [-0.25, -0.2) is 17.5 Å². The van der Waals surface area contributed by atoms with Crippen molar-refractivity contribution in [3.63, 3.8) is 0 Å². The Kier molecular flexibility index (Phi) is 6.32. The van der Waals surface area contributed by atoms with Crippen molar-refractivity contribution in [3.8, 4) is 0 Å². The van der Waals surface area contributed by atoms with Gasteiger partial charge in [-0.15, -0.1) is 0 Å². The van der Waals surface area contributed by atoms with Gasteiger partial charge in [-0.3, -0.25) is 14.5 Å². The molecular weight excluding hydrogens is 458 g/mol. The lowest BCUT2D eigenvalue weighted by atomic mass is 9.96. The van der Waals surface area contributed by atoms with E-state index in [4.69, 9.17) is 16.3 Å². The number of halogens is 1. The van der Waals surface area contributed by atoms with Gasteiger partial charge in [0.2, 0.25) is 15.9 Å². The van der Waals surface area contributed by atoms with Gasteiger partial charge in [-0.2, -0.15) is 0 Å². The van der Waals surface area contributed by atoms with Crippen molar-refractivity contribution in [2.24, 2.45) is 0 Å². The molecule has 2 aromatic carbocycles. The second-order valence-electron chi connectivity index (χ2n) is 7.77. The van der Waals surface area contributed by atoms with Crippen molar-refractivity contribution in [2.75, 3.05) is 30.9 Å². The number of carbonyl (C=O) groups excluding carboxylic acids is 3. The maximum atomic E-state index is 13.0. The Bertz CT molecular complexity index is 1210.